The number of carbonyl (C=O) groups excluding carboxylic acids is 2. The maximum Gasteiger partial charge on any atom is 0.344 e. The summed E-state index contributed by atoms with van der Waals surface area (Å²) in [4.78, 5) is 23.9. The number of benzene rings is 1. The molecule has 6 nitrogen and oxygen atoms in total. The van der Waals surface area contributed by atoms with Crippen LogP contribution >= 0.6 is 0 Å². The van der Waals surface area contributed by atoms with Crippen LogP contribution in [0.2, 0.25) is 0 Å². The zero-order valence-electron chi connectivity index (χ0n) is 14.9. The Morgan fingerprint density at radius 1 is 1.23 bits per heavy atom. The monoisotopic (exact) mass is 353 g/mol. The van der Waals surface area contributed by atoms with Crippen molar-refractivity contribution in [2.45, 2.75) is 32.1 Å². The molecule has 0 atom stereocenters. The van der Waals surface area contributed by atoms with Crippen LogP contribution in [0.1, 0.15) is 52.7 Å². The molecule has 0 amide bonds. The fourth-order valence-corrected chi connectivity index (χ4v) is 2.83. The average molecular weight is 353 g/mol. The molecular formula is C20H19NO5. The Morgan fingerprint density at radius 2 is 1.92 bits per heavy atom. The van der Waals surface area contributed by atoms with Crippen LogP contribution in [-0.4, -0.2) is 30.8 Å². The van der Waals surface area contributed by atoms with E-state index < -0.39 is 11.4 Å². The standard InChI is InChI=1S/C20H19NO5/c1-4-25-18(22)17-13(2)21-26-16(17)10-7-14-5-8-15(9-6-14)20(11-12-20)19(23)24-3/h5-6,8-9H,4,11-12H2,1-3H3. The minimum absolute atomic E-state index is 0.179. The van der Waals surface area contributed by atoms with Gasteiger partial charge in [0, 0.05) is 5.56 Å². The van der Waals surface area contributed by atoms with Gasteiger partial charge in [-0.2, -0.15) is 0 Å². The third-order valence-electron chi connectivity index (χ3n) is 4.43. The summed E-state index contributed by atoms with van der Waals surface area (Å²) in [6.45, 7) is 3.66. The molecule has 1 aromatic carbocycles. The van der Waals surface area contributed by atoms with E-state index in [1.807, 2.05) is 24.3 Å². The Morgan fingerprint density at radius 3 is 2.50 bits per heavy atom. The van der Waals surface area contributed by atoms with Crippen LogP contribution in [0.4, 0.5) is 0 Å². The van der Waals surface area contributed by atoms with Crippen LogP contribution in [0.3, 0.4) is 0 Å². The number of rotatable bonds is 4. The van der Waals surface area contributed by atoms with Crippen molar-refractivity contribution in [3.8, 4) is 11.8 Å². The van der Waals surface area contributed by atoms with E-state index in [0.717, 1.165) is 24.0 Å². The normalized spacial score (nSPS) is 14.1. The van der Waals surface area contributed by atoms with E-state index >= 15 is 0 Å². The summed E-state index contributed by atoms with van der Waals surface area (Å²) < 4.78 is 15.0. The maximum atomic E-state index is 12.0. The highest BCUT2D eigenvalue weighted by Crippen LogP contribution is 2.49. The van der Waals surface area contributed by atoms with E-state index in [4.69, 9.17) is 14.0 Å². The molecule has 1 saturated carbocycles. The van der Waals surface area contributed by atoms with E-state index in [0.29, 0.717) is 5.69 Å². The van der Waals surface area contributed by atoms with Crippen molar-refractivity contribution in [2.24, 2.45) is 0 Å². The van der Waals surface area contributed by atoms with Crippen LogP contribution < -0.4 is 0 Å². The van der Waals surface area contributed by atoms with Gasteiger partial charge in [0.05, 0.1) is 24.8 Å². The van der Waals surface area contributed by atoms with Crippen LogP contribution in [0.15, 0.2) is 28.8 Å². The lowest BCUT2D eigenvalue weighted by Gasteiger charge is -2.12. The molecule has 1 aliphatic carbocycles. The number of hydrogen-bond donors (Lipinski definition) is 0. The van der Waals surface area contributed by atoms with Crippen LogP contribution in [0, 0.1) is 18.8 Å². The molecule has 1 heterocycles. The summed E-state index contributed by atoms with van der Waals surface area (Å²) >= 11 is 0. The molecule has 0 spiro atoms. The third-order valence-corrected chi connectivity index (χ3v) is 4.43. The second-order valence-electron chi connectivity index (χ2n) is 6.09. The van der Waals surface area contributed by atoms with Crippen molar-refractivity contribution in [1.29, 1.82) is 0 Å². The Balaban J connectivity index is 1.82. The highest BCUT2D eigenvalue weighted by molar-refractivity contribution is 5.92. The summed E-state index contributed by atoms with van der Waals surface area (Å²) in [6.07, 6.45) is 1.59. The molecule has 0 bridgehead atoms. The molecule has 0 unspecified atom stereocenters. The van der Waals surface area contributed by atoms with E-state index in [9.17, 15) is 9.59 Å². The van der Waals surface area contributed by atoms with Gasteiger partial charge in [-0.05, 0) is 50.3 Å². The number of aromatic nitrogens is 1. The summed E-state index contributed by atoms with van der Waals surface area (Å²) in [5.41, 5.74) is 1.85. The predicted octanol–water partition coefficient (Wildman–Crippen LogP) is 2.76. The van der Waals surface area contributed by atoms with Crippen molar-refractivity contribution in [1.82, 2.24) is 5.16 Å². The van der Waals surface area contributed by atoms with Crippen molar-refractivity contribution < 1.29 is 23.6 Å². The van der Waals surface area contributed by atoms with Crippen molar-refractivity contribution in [3.05, 3.63) is 52.4 Å². The Hall–Kier alpha value is -3.07. The number of methoxy groups -OCH3 is 1. The first-order valence-electron chi connectivity index (χ1n) is 8.36. The zero-order chi connectivity index (χ0) is 18.7. The molecule has 0 N–H and O–H groups in total. The lowest BCUT2D eigenvalue weighted by molar-refractivity contribution is -0.143. The van der Waals surface area contributed by atoms with Crippen LogP contribution in [-0.2, 0) is 19.7 Å². The second kappa shape index (κ2) is 7.04. The summed E-state index contributed by atoms with van der Waals surface area (Å²) in [7, 11) is 1.41. The van der Waals surface area contributed by atoms with E-state index in [1.54, 1.807) is 13.8 Å². The van der Waals surface area contributed by atoms with Gasteiger partial charge in [-0.1, -0.05) is 23.2 Å². The molecule has 0 radical (unpaired) electrons. The molecule has 1 aliphatic rings. The molecule has 2 aromatic rings. The van der Waals surface area contributed by atoms with Crippen LogP contribution in [0.25, 0.3) is 0 Å². The van der Waals surface area contributed by atoms with Gasteiger partial charge in [0.25, 0.3) is 0 Å². The van der Waals surface area contributed by atoms with Crippen molar-refractivity contribution >= 4 is 11.9 Å². The molecular weight excluding hydrogens is 334 g/mol. The minimum Gasteiger partial charge on any atom is -0.468 e. The van der Waals surface area contributed by atoms with Gasteiger partial charge in [-0.3, -0.25) is 4.79 Å². The average Bonchev–Trinajstić information content (AvgIpc) is 3.38. The van der Waals surface area contributed by atoms with Gasteiger partial charge in [-0.15, -0.1) is 0 Å². The van der Waals surface area contributed by atoms with E-state index in [1.165, 1.54) is 7.11 Å². The first-order chi connectivity index (χ1) is 12.5. The maximum absolute atomic E-state index is 12.0. The molecule has 26 heavy (non-hydrogen) atoms. The highest BCUT2D eigenvalue weighted by atomic mass is 16.5. The van der Waals surface area contributed by atoms with Gasteiger partial charge < -0.3 is 14.0 Å². The number of carbonyl (C=O) groups is 2. The minimum atomic E-state index is -0.500. The molecule has 6 heteroatoms. The fraction of sp³-hybridized carbons (Fsp3) is 0.350. The second-order valence-corrected chi connectivity index (χ2v) is 6.09. The van der Waals surface area contributed by atoms with Gasteiger partial charge in [0.2, 0.25) is 5.76 Å². The number of nitrogens with zero attached hydrogens (tertiary/aromatic N) is 1. The largest absolute Gasteiger partial charge is 0.468 e. The first kappa shape index (κ1) is 17.7. The number of esters is 2. The van der Waals surface area contributed by atoms with Crippen LogP contribution in [0.5, 0.6) is 0 Å². The molecule has 1 fully saturated rings. The lowest BCUT2D eigenvalue weighted by Crippen LogP contribution is -2.21. The molecule has 134 valence electrons. The van der Waals surface area contributed by atoms with Crippen molar-refractivity contribution in [2.75, 3.05) is 13.7 Å². The summed E-state index contributed by atoms with van der Waals surface area (Å²) in [5, 5.41) is 3.79. The highest BCUT2D eigenvalue weighted by Gasteiger charge is 2.52. The Kier molecular flexibility index (Phi) is 4.81. The van der Waals surface area contributed by atoms with Gasteiger partial charge in [0.1, 0.15) is 5.56 Å². The molecule has 3 rings (SSSR count). The predicted molar refractivity (Wildman–Crippen MR) is 92.5 cm³/mol. The SMILES string of the molecule is CCOC(=O)c1c(C)noc1C#Cc1ccc(C2(C(=O)OC)CC2)cc1. The van der Waals surface area contributed by atoms with E-state index in [-0.39, 0.29) is 23.9 Å². The summed E-state index contributed by atoms with van der Waals surface area (Å²) in [5.74, 6) is 5.25. The van der Waals surface area contributed by atoms with Gasteiger partial charge in [-0.25, -0.2) is 4.79 Å². The Labute approximate surface area is 151 Å². The van der Waals surface area contributed by atoms with Gasteiger partial charge in [0.15, 0.2) is 0 Å². The quantitative estimate of drug-likeness (QED) is 0.621. The topological polar surface area (TPSA) is 78.6 Å². The van der Waals surface area contributed by atoms with Crippen molar-refractivity contribution in [3.63, 3.8) is 0 Å². The number of ether oxygens (including phenoxy) is 2. The fourth-order valence-electron chi connectivity index (χ4n) is 2.83. The Bertz CT molecular complexity index is 895. The first-order valence-corrected chi connectivity index (χ1v) is 8.36. The lowest BCUT2D eigenvalue weighted by atomic mass is 9.95. The molecule has 0 aliphatic heterocycles. The smallest absolute Gasteiger partial charge is 0.344 e. The third kappa shape index (κ3) is 3.21. The zero-order valence-corrected chi connectivity index (χ0v) is 14.9. The van der Waals surface area contributed by atoms with E-state index in [2.05, 4.69) is 17.0 Å². The molecule has 0 saturated heterocycles. The summed E-state index contributed by atoms with van der Waals surface area (Å²) in [6, 6.07) is 7.43. The van der Waals surface area contributed by atoms with Gasteiger partial charge >= 0.3 is 11.9 Å². The molecule has 1 aromatic heterocycles. The number of aryl methyl sites for hydroxylation is 1. The number of hydrogen-bond acceptors (Lipinski definition) is 6.